The Morgan fingerprint density at radius 3 is 2.22 bits per heavy atom. The number of rotatable bonds is 6. The summed E-state index contributed by atoms with van der Waals surface area (Å²) in [6.07, 6.45) is 0. The molecule has 2 N–H and O–H groups in total. The lowest BCUT2D eigenvalue weighted by atomic mass is 10.1. The van der Waals surface area contributed by atoms with E-state index >= 15 is 0 Å². The highest BCUT2D eigenvalue weighted by atomic mass is 31.2. The van der Waals surface area contributed by atoms with Crippen molar-refractivity contribution in [2.45, 2.75) is 5.34 Å². The highest BCUT2D eigenvalue weighted by Crippen LogP contribution is 2.62. The summed E-state index contributed by atoms with van der Waals surface area (Å²) in [5.41, 5.74) is 0.145. The number of nitrogens with zero attached hydrogens (tertiary/aromatic N) is 1. The Morgan fingerprint density at radius 1 is 1.33 bits per heavy atom. The maximum Gasteiger partial charge on any atom is 0.367 e. The molecule has 1 rings (SSSR count). The average Bonchev–Trinajstić information content (AvgIpc) is 2.37. The number of hydroxylamine groups is 2. The molecule has 8 heteroatoms. The van der Waals surface area contributed by atoms with Crippen molar-refractivity contribution in [1.29, 1.82) is 0 Å². The third-order valence-corrected chi connectivity index (χ3v) is 4.79. The molecule has 0 heterocycles. The summed E-state index contributed by atoms with van der Waals surface area (Å²) in [5.74, 6) is 0. The summed E-state index contributed by atoms with van der Waals surface area (Å²) >= 11 is 0. The van der Waals surface area contributed by atoms with Crippen LogP contribution >= 0.6 is 7.60 Å². The molecule has 18 heavy (non-hydrogen) atoms. The van der Waals surface area contributed by atoms with Crippen LogP contribution in [0.3, 0.4) is 0 Å². The number of hydrogen-bond donors (Lipinski definition) is 2. The summed E-state index contributed by atoms with van der Waals surface area (Å²) in [6.45, 7) is -0.865. The largest absolute Gasteiger partial charge is 0.762 e. The molecule has 0 aliphatic rings. The van der Waals surface area contributed by atoms with Gasteiger partial charge >= 0.3 is 7.60 Å². The van der Waals surface area contributed by atoms with Crippen LogP contribution in [-0.2, 0) is 19.0 Å². The van der Waals surface area contributed by atoms with Crippen LogP contribution < -0.4 is 0 Å². The lowest BCUT2D eigenvalue weighted by Gasteiger charge is -2.37. The first-order valence-electron chi connectivity index (χ1n) is 5.02. The van der Waals surface area contributed by atoms with Gasteiger partial charge in [-0.3, -0.25) is 9.79 Å². The van der Waals surface area contributed by atoms with Gasteiger partial charge in [0.2, 0.25) is 5.34 Å². The quantitative estimate of drug-likeness (QED) is 0.599. The van der Waals surface area contributed by atoms with Crippen molar-refractivity contribution < 1.29 is 23.9 Å². The Kier molecular flexibility index (Phi) is 5.01. The fourth-order valence-corrected chi connectivity index (χ4v) is 3.12. The number of hydrogen-bond acceptors (Lipinski definition) is 7. The van der Waals surface area contributed by atoms with E-state index in [0.717, 1.165) is 14.2 Å². The molecule has 0 aliphatic carbocycles. The molecule has 0 amide bonds. The highest BCUT2D eigenvalue weighted by Gasteiger charge is 2.50. The standard InChI is InChI=1S/C10H15NO6P/c1-16-18(15,17-2)10(12,8-11(13)14)9-6-4-3-5-7-9/h3-7,12-13H,8H2,1-2H3/q-1. The molecular weight excluding hydrogens is 261 g/mol. The van der Waals surface area contributed by atoms with E-state index in [9.17, 15) is 14.9 Å². The zero-order valence-corrected chi connectivity index (χ0v) is 10.9. The molecule has 1 aromatic carbocycles. The van der Waals surface area contributed by atoms with Crippen LogP contribution in [0.5, 0.6) is 0 Å². The van der Waals surface area contributed by atoms with E-state index in [1.807, 2.05) is 0 Å². The molecule has 0 aromatic heterocycles. The molecule has 0 aliphatic heterocycles. The Hall–Kier alpha value is -0.790. The van der Waals surface area contributed by atoms with Crippen LogP contribution in [0.25, 0.3) is 0 Å². The second-order valence-electron chi connectivity index (χ2n) is 3.56. The van der Waals surface area contributed by atoms with E-state index in [0.29, 0.717) is 0 Å². The minimum Gasteiger partial charge on any atom is -0.762 e. The maximum absolute atomic E-state index is 12.3. The molecule has 0 fully saturated rings. The first-order valence-corrected chi connectivity index (χ1v) is 6.57. The van der Waals surface area contributed by atoms with Crippen molar-refractivity contribution in [3.05, 3.63) is 41.1 Å². The zero-order valence-electron chi connectivity index (χ0n) is 10.0. The third-order valence-electron chi connectivity index (χ3n) is 2.53. The highest BCUT2D eigenvalue weighted by molar-refractivity contribution is 7.54. The number of aliphatic hydroxyl groups is 1. The van der Waals surface area contributed by atoms with E-state index in [-0.39, 0.29) is 5.56 Å². The Labute approximate surface area is 105 Å². The Morgan fingerprint density at radius 2 is 1.83 bits per heavy atom. The van der Waals surface area contributed by atoms with Crippen molar-refractivity contribution in [1.82, 2.24) is 5.23 Å². The van der Waals surface area contributed by atoms with E-state index in [2.05, 4.69) is 0 Å². The zero-order chi connectivity index (χ0) is 13.8. The van der Waals surface area contributed by atoms with Crippen LogP contribution in [0, 0.1) is 5.21 Å². The molecule has 0 saturated heterocycles. The summed E-state index contributed by atoms with van der Waals surface area (Å²) < 4.78 is 21.8. The summed E-state index contributed by atoms with van der Waals surface area (Å²) in [5, 5.41) is 27.3. The first-order chi connectivity index (χ1) is 8.39. The van der Waals surface area contributed by atoms with Crippen molar-refractivity contribution in [3.63, 3.8) is 0 Å². The average molecular weight is 276 g/mol. The summed E-state index contributed by atoms with van der Waals surface area (Å²) in [6, 6.07) is 7.76. The van der Waals surface area contributed by atoms with Crippen LogP contribution in [-0.4, -0.2) is 36.3 Å². The molecule has 1 unspecified atom stereocenters. The van der Waals surface area contributed by atoms with Gasteiger partial charge in [-0.2, -0.15) is 0 Å². The second-order valence-corrected chi connectivity index (χ2v) is 6.02. The molecule has 1 aromatic rings. The third kappa shape index (κ3) is 2.78. The van der Waals surface area contributed by atoms with Crippen LogP contribution in [0.4, 0.5) is 0 Å². The predicted molar refractivity (Wildman–Crippen MR) is 63.8 cm³/mol. The van der Waals surface area contributed by atoms with Gasteiger partial charge in [0.1, 0.15) is 0 Å². The molecule has 7 nitrogen and oxygen atoms in total. The molecule has 0 radical (unpaired) electrons. The van der Waals surface area contributed by atoms with Crippen LogP contribution in [0.1, 0.15) is 5.56 Å². The minimum absolute atomic E-state index is 0.145. The molecular formula is C10H15NO6P-. The normalized spacial score (nSPS) is 15.7. The first kappa shape index (κ1) is 15.3. The molecule has 0 bridgehead atoms. The van der Waals surface area contributed by atoms with Gasteiger partial charge < -0.3 is 24.6 Å². The topological polar surface area (TPSA) is 102 Å². The van der Waals surface area contributed by atoms with Gasteiger partial charge in [-0.25, -0.2) is 0 Å². The lowest BCUT2D eigenvalue weighted by molar-refractivity contribution is -0.0879. The minimum atomic E-state index is -4.03. The predicted octanol–water partition coefficient (Wildman–Crippen LogP) is 1.51. The summed E-state index contributed by atoms with van der Waals surface area (Å²) in [7, 11) is -1.85. The smallest absolute Gasteiger partial charge is 0.367 e. The Bertz CT molecular complexity index is 418. The lowest BCUT2D eigenvalue weighted by Crippen LogP contribution is -2.38. The van der Waals surface area contributed by atoms with Crippen LogP contribution in [0.15, 0.2) is 30.3 Å². The van der Waals surface area contributed by atoms with E-state index in [1.54, 1.807) is 18.2 Å². The molecule has 0 saturated carbocycles. The van der Waals surface area contributed by atoms with Crippen molar-refractivity contribution in [2.75, 3.05) is 20.8 Å². The molecule has 0 spiro atoms. The van der Waals surface area contributed by atoms with Crippen LogP contribution in [0.2, 0.25) is 0 Å². The van der Waals surface area contributed by atoms with Crippen molar-refractivity contribution in [2.24, 2.45) is 0 Å². The Balaban J connectivity index is 3.31. The van der Waals surface area contributed by atoms with Gasteiger partial charge in [0.25, 0.3) is 0 Å². The monoisotopic (exact) mass is 276 g/mol. The summed E-state index contributed by atoms with van der Waals surface area (Å²) in [4.78, 5) is 0. The van der Waals surface area contributed by atoms with E-state index < -0.39 is 24.7 Å². The number of benzene rings is 1. The maximum atomic E-state index is 12.3. The SMILES string of the molecule is COP(=O)(OC)C(O)(CN([O-])O)c1ccccc1. The molecule has 1 atom stereocenters. The van der Waals surface area contributed by atoms with Gasteiger partial charge in [-0.15, -0.1) is 0 Å². The fourth-order valence-electron chi connectivity index (χ4n) is 1.61. The van der Waals surface area contributed by atoms with Crippen molar-refractivity contribution in [3.8, 4) is 0 Å². The van der Waals surface area contributed by atoms with Gasteiger partial charge in [-0.05, 0) is 5.56 Å². The van der Waals surface area contributed by atoms with Crippen molar-refractivity contribution >= 4 is 7.60 Å². The molecule has 102 valence electrons. The van der Waals surface area contributed by atoms with Gasteiger partial charge in [0, 0.05) is 14.2 Å². The van der Waals surface area contributed by atoms with Gasteiger partial charge in [0.15, 0.2) is 0 Å². The van der Waals surface area contributed by atoms with E-state index in [1.165, 1.54) is 12.1 Å². The van der Waals surface area contributed by atoms with Gasteiger partial charge in [0.05, 0.1) is 6.54 Å². The van der Waals surface area contributed by atoms with Gasteiger partial charge in [-0.1, -0.05) is 30.3 Å². The second kappa shape index (κ2) is 5.90. The van der Waals surface area contributed by atoms with E-state index in [4.69, 9.17) is 14.3 Å². The fraction of sp³-hybridized carbons (Fsp3) is 0.400.